The predicted molar refractivity (Wildman–Crippen MR) is 73.6 cm³/mol. The van der Waals surface area contributed by atoms with Gasteiger partial charge in [-0.15, -0.1) is 0 Å². The van der Waals surface area contributed by atoms with E-state index in [0.717, 1.165) is 6.42 Å². The van der Waals surface area contributed by atoms with Crippen LogP contribution in [0.3, 0.4) is 0 Å². The van der Waals surface area contributed by atoms with E-state index in [1.165, 1.54) is 0 Å². The lowest BCUT2D eigenvalue weighted by Crippen LogP contribution is -2.66. The average molecular weight is 270 g/mol. The SMILES string of the molecule is CCC(C)C1C(=O)NC(C(C)C)C(=O)N1CCOC. The normalized spacial score (nSPS) is 25.7. The highest BCUT2D eigenvalue weighted by Crippen LogP contribution is 2.22. The molecule has 1 saturated heterocycles. The van der Waals surface area contributed by atoms with E-state index in [2.05, 4.69) is 5.32 Å². The van der Waals surface area contributed by atoms with E-state index in [0.29, 0.717) is 13.2 Å². The lowest BCUT2D eigenvalue weighted by molar-refractivity contribution is -0.153. The Kier molecular flexibility index (Phi) is 5.79. The van der Waals surface area contributed by atoms with E-state index in [1.54, 1.807) is 12.0 Å². The first kappa shape index (κ1) is 16.0. The van der Waals surface area contributed by atoms with Crippen molar-refractivity contribution in [2.75, 3.05) is 20.3 Å². The molecule has 1 N–H and O–H groups in total. The molecule has 1 heterocycles. The number of nitrogens with one attached hydrogen (secondary N) is 1. The Morgan fingerprint density at radius 3 is 2.42 bits per heavy atom. The number of rotatable bonds is 6. The summed E-state index contributed by atoms with van der Waals surface area (Å²) < 4.78 is 5.06. The van der Waals surface area contributed by atoms with Gasteiger partial charge in [0.25, 0.3) is 0 Å². The topological polar surface area (TPSA) is 58.6 Å². The van der Waals surface area contributed by atoms with Crippen LogP contribution in [0.25, 0.3) is 0 Å². The molecule has 1 fully saturated rings. The quantitative estimate of drug-likeness (QED) is 0.784. The standard InChI is InChI=1S/C14H26N2O3/c1-6-10(4)12-13(17)15-11(9(2)3)14(18)16(12)7-8-19-5/h9-12H,6-8H2,1-5H3,(H,15,17). The first-order valence-corrected chi connectivity index (χ1v) is 7.03. The number of hydrogen-bond acceptors (Lipinski definition) is 3. The Balaban J connectivity index is 2.96. The minimum Gasteiger partial charge on any atom is -0.383 e. The molecular formula is C14H26N2O3. The number of carbonyl (C=O) groups excluding carboxylic acids is 2. The lowest BCUT2D eigenvalue weighted by Gasteiger charge is -2.42. The molecule has 19 heavy (non-hydrogen) atoms. The molecule has 110 valence electrons. The summed E-state index contributed by atoms with van der Waals surface area (Å²) in [6, 6.07) is -0.785. The summed E-state index contributed by atoms with van der Waals surface area (Å²) >= 11 is 0. The van der Waals surface area contributed by atoms with E-state index >= 15 is 0 Å². The zero-order chi connectivity index (χ0) is 14.6. The molecule has 5 nitrogen and oxygen atoms in total. The number of amides is 2. The van der Waals surface area contributed by atoms with Crippen LogP contribution in [-0.2, 0) is 14.3 Å². The molecule has 0 aromatic carbocycles. The highest BCUT2D eigenvalue weighted by atomic mass is 16.5. The number of ether oxygens (including phenoxy) is 1. The zero-order valence-electron chi connectivity index (χ0n) is 12.6. The molecule has 0 aliphatic carbocycles. The first-order chi connectivity index (χ1) is 8.93. The maximum Gasteiger partial charge on any atom is 0.246 e. The third kappa shape index (κ3) is 3.47. The molecule has 1 aliphatic heterocycles. The minimum atomic E-state index is -0.412. The van der Waals surface area contributed by atoms with E-state index in [4.69, 9.17) is 4.74 Å². The molecule has 3 unspecified atom stereocenters. The predicted octanol–water partition coefficient (Wildman–Crippen LogP) is 1.03. The smallest absolute Gasteiger partial charge is 0.246 e. The monoisotopic (exact) mass is 270 g/mol. The number of nitrogens with zero attached hydrogens (tertiary/aromatic N) is 1. The van der Waals surface area contributed by atoms with Gasteiger partial charge in [0.1, 0.15) is 12.1 Å². The van der Waals surface area contributed by atoms with Gasteiger partial charge in [-0.3, -0.25) is 9.59 Å². The maximum atomic E-state index is 12.5. The largest absolute Gasteiger partial charge is 0.383 e. The summed E-state index contributed by atoms with van der Waals surface area (Å²) in [7, 11) is 1.60. The molecule has 2 amide bonds. The third-order valence-corrected chi connectivity index (χ3v) is 3.84. The van der Waals surface area contributed by atoms with Crippen LogP contribution in [0.1, 0.15) is 34.1 Å². The molecular weight excluding hydrogens is 244 g/mol. The van der Waals surface area contributed by atoms with Crippen molar-refractivity contribution in [3.05, 3.63) is 0 Å². The van der Waals surface area contributed by atoms with Crippen molar-refractivity contribution in [2.45, 2.75) is 46.2 Å². The zero-order valence-corrected chi connectivity index (χ0v) is 12.6. The third-order valence-electron chi connectivity index (χ3n) is 3.84. The Morgan fingerprint density at radius 1 is 1.32 bits per heavy atom. The Hall–Kier alpha value is -1.10. The maximum absolute atomic E-state index is 12.5. The molecule has 0 aromatic heterocycles. The second-order valence-corrected chi connectivity index (χ2v) is 5.59. The fourth-order valence-corrected chi connectivity index (χ4v) is 2.44. The number of carbonyl (C=O) groups is 2. The van der Waals surface area contributed by atoms with Crippen LogP contribution < -0.4 is 5.32 Å². The van der Waals surface area contributed by atoms with Gasteiger partial charge in [0, 0.05) is 13.7 Å². The van der Waals surface area contributed by atoms with Crippen molar-refractivity contribution < 1.29 is 14.3 Å². The van der Waals surface area contributed by atoms with Gasteiger partial charge in [0.2, 0.25) is 11.8 Å². The van der Waals surface area contributed by atoms with E-state index < -0.39 is 6.04 Å². The van der Waals surface area contributed by atoms with Crippen LogP contribution in [0.4, 0.5) is 0 Å². The number of hydrogen-bond donors (Lipinski definition) is 1. The first-order valence-electron chi connectivity index (χ1n) is 7.03. The van der Waals surface area contributed by atoms with Gasteiger partial charge in [0.05, 0.1) is 6.61 Å². The van der Waals surface area contributed by atoms with Gasteiger partial charge in [-0.25, -0.2) is 0 Å². The Morgan fingerprint density at radius 2 is 1.95 bits per heavy atom. The summed E-state index contributed by atoms with van der Waals surface area (Å²) in [6.07, 6.45) is 0.862. The molecule has 0 bridgehead atoms. The molecule has 1 aliphatic rings. The van der Waals surface area contributed by atoms with E-state index in [1.807, 2.05) is 27.7 Å². The number of piperazine rings is 1. The van der Waals surface area contributed by atoms with Crippen molar-refractivity contribution in [1.82, 2.24) is 10.2 Å². The fraction of sp³-hybridized carbons (Fsp3) is 0.857. The lowest BCUT2D eigenvalue weighted by atomic mass is 9.90. The van der Waals surface area contributed by atoms with Crippen LogP contribution in [-0.4, -0.2) is 49.1 Å². The Labute approximate surface area is 115 Å². The second kappa shape index (κ2) is 6.89. The van der Waals surface area contributed by atoms with Crippen molar-refractivity contribution in [1.29, 1.82) is 0 Å². The van der Waals surface area contributed by atoms with Gasteiger partial charge >= 0.3 is 0 Å². The van der Waals surface area contributed by atoms with E-state index in [9.17, 15) is 9.59 Å². The highest BCUT2D eigenvalue weighted by Gasteiger charge is 2.43. The Bertz CT molecular complexity index is 331. The van der Waals surface area contributed by atoms with Crippen LogP contribution in [0.5, 0.6) is 0 Å². The minimum absolute atomic E-state index is 0.0111. The summed E-state index contributed by atoms with van der Waals surface area (Å²) in [4.78, 5) is 26.5. The van der Waals surface area contributed by atoms with Crippen LogP contribution in [0.15, 0.2) is 0 Å². The van der Waals surface area contributed by atoms with Gasteiger partial charge in [0.15, 0.2) is 0 Å². The highest BCUT2D eigenvalue weighted by molar-refractivity contribution is 5.97. The van der Waals surface area contributed by atoms with Crippen molar-refractivity contribution in [2.24, 2.45) is 11.8 Å². The van der Waals surface area contributed by atoms with E-state index in [-0.39, 0.29) is 29.7 Å². The molecule has 0 radical (unpaired) electrons. The van der Waals surface area contributed by atoms with Crippen LogP contribution in [0.2, 0.25) is 0 Å². The molecule has 0 saturated carbocycles. The second-order valence-electron chi connectivity index (χ2n) is 5.59. The molecule has 5 heteroatoms. The molecule has 1 rings (SSSR count). The molecule has 0 aromatic rings. The van der Waals surface area contributed by atoms with Gasteiger partial charge in [-0.2, -0.15) is 0 Å². The summed E-state index contributed by atoms with van der Waals surface area (Å²) in [5.74, 6) is 0.217. The number of methoxy groups -OCH3 is 1. The molecule has 3 atom stereocenters. The van der Waals surface area contributed by atoms with Gasteiger partial charge < -0.3 is 15.0 Å². The summed E-state index contributed by atoms with van der Waals surface area (Å²) in [5, 5.41) is 2.87. The van der Waals surface area contributed by atoms with Gasteiger partial charge in [-0.05, 0) is 11.8 Å². The molecule has 0 spiro atoms. The van der Waals surface area contributed by atoms with Crippen LogP contribution in [0, 0.1) is 11.8 Å². The summed E-state index contributed by atoms with van der Waals surface area (Å²) in [5.41, 5.74) is 0. The summed E-state index contributed by atoms with van der Waals surface area (Å²) in [6.45, 7) is 8.86. The average Bonchev–Trinajstić information content (AvgIpc) is 2.37. The fourth-order valence-electron chi connectivity index (χ4n) is 2.44. The van der Waals surface area contributed by atoms with Crippen molar-refractivity contribution in [3.8, 4) is 0 Å². The van der Waals surface area contributed by atoms with Crippen molar-refractivity contribution >= 4 is 11.8 Å². The van der Waals surface area contributed by atoms with Crippen molar-refractivity contribution in [3.63, 3.8) is 0 Å². The van der Waals surface area contributed by atoms with Gasteiger partial charge in [-0.1, -0.05) is 34.1 Å². The van der Waals surface area contributed by atoms with Crippen LogP contribution >= 0.6 is 0 Å².